The predicted octanol–water partition coefficient (Wildman–Crippen LogP) is 4.52. The molecule has 33 heavy (non-hydrogen) atoms. The molecule has 1 aliphatic heterocycles. The maximum absolute atomic E-state index is 13.2. The van der Waals surface area contributed by atoms with Gasteiger partial charge in [0.1, 0.15) is 5.82 Å². The van der Waals surface area contributed by atoms with E-state index < -0.39 is 6.04 Å². The van der Waals surface area contributed by atoms with Gasteiger partial charge in [-0.2, -0.15) is 0 Å². The number of aryl methyl sites for hydroxylation is 1. The lowest BCUT2D eigenvalue weighted by molar-refractivity contribution is -0.117. The van der Waals surface area contributed by atoms with Crippen molar-refractivity contribution in [2.45, 2.75) is 32.9 Å². The largest absolute Gasteiger partial charge is 0.493 e. The zero-order valence-electron chi connectivity index (χ0n) is 19.0. The molecule has 0 saturated carbocycles. The van der Waals surface area contributed by atoms with Gasteiger partial charge in [-0.25, -0.2) is 4.98 Å². The summed E-state index contributed by atoms with van der Waals surface area (Å²) in [5, 5.41) is 2.86. The van der Waals surface area contributed by atoms with E-state index >= 15 is 0 Å². The van der Waals surface area contributed by atoms with Gasteiger partial charge in [0.2, 0.25) is 5.91 Å². The Morgan fingerprint density at radius 3 is 2.70 bits per heavy atom. The van der Waals surface area contributed by atoms with Crippen molar-refractivity contribution in [3.63, 3.8) is 0 Å². The summed E-state index contributed by atoms with van der Waals surface area (Å²) >= 11 is 0. The highest BCUT2D eigenvalue weighted by atomic mass is 16.5. The summed E-state index contributed by atoms with van der Waals surface area (Å²) in [6, 6.07) is 16.3. The fourth-order valence-corrected chi connectivity index (χ4v) is 4.08. The maximum atomic E-state index is 13.2. The Morgan fingerprint density at radius 2 is 1.97 bits per heavy atom. The van der Waals surface area contributed by atoms with Crippen LogP contribution in [-0.2, 0) is 11.3 Å². The molecule has 0 aliphatic carbocycles. The van der Waals surface area contributed by atoms with E-state index in [9.17, 15) is 9.59 Å². The summed E-state index contributed by atoms with van der Waals surface area (Å²) in [5.74, 6) is 1.34. The second kappa shape index (κ2) is 9.73. The molecule has 7 heteroatoms. The summed E-state index contributed by atoms with van der Waals surface area (Å²) in [6.07, 6.45) is 1.73. The number of pyridine rings is 1. The zero-order chi connectivity index (χ0) is 23.4. The Hall–Kier alpha value is -3.87. The third kappa shape index (κ3) is 4.82. The van der Waals surface area contributed by atoms with Gasteiger partial charge in [0, 0.05) is 18.3 Å². The van der Waals surface area contributed by atoms with E-state index in [0.29, 0.717) is 36.0 Å². The highest BCUT2D eigenvalue weighted by Crippen LogP contribution is 2.37. The van der Waals surface area contributed by atoms with Crippen LogP contribution in [-0.4, -0.2) is 35.4 Å². The number of methoxy groups -OCH3 is 1. The highest BCUT2D eigenvalue weighted by molar-refractivity contribution is 5.99. The van der Waals surface area contributed by atoms with Gasteiger partial charge in [0.15, 0.2) is 11.5 Å². The number of carbonyl (C=O) groups excluding carboxylic acids is 2. The number of ether oxygens (including phenoxy) is 2. The molecule has 2 amide bonds. The Bertz CT molecular complexity index is 1180. The van der Waals surface area contributed by atoms with Crippen LogP contribution in [0.1, 0.15) is 46.4 Å². The van der Waals surface area contributed by atoms with Crippen LogP contribution in [0.5, 0.6) is 11.5 Å². The molecule has 0 bridgehead atoms. The van der Waals surface area contributed by atoms with E-state index in [1.54, 1.807) is 18.2 Å². The normalized spacial score (nSPS) is 13.4. The van der Waals surface area contributed by atoms with Crippen molar-refractivity contribution in [3.8, 4) is 11.5 Å². The molecule has 1 N–H and O–H groups in total. The number of carbonyl (C=O) groups is 2. The van der Waals surface area contributed by atoms with E-state index in [-0.39, 0.29) is 18.2 Å². The summed E-state index contributed by atoms with van der Waals surface area (Å²) in [4.78, 5) is 32.2. The first-order valence-electron chi connectivity index (χ1n) is 10.9. The number of hydrogen-bond donors (Lipinski definition) is 1. The number of nitrogens with one attached hydrogen (secondary N) is 1. The average Bonchev–Trinajstić information content (AvgIpc) is 3.14. The first kappa shape index (κ1) is 22.3. The average molecular weight is 446 g/mol. The van der Waals surface area contributed by atoms with Crippen LogP contribution in [0.2, 0.25) is 0 Å². The molecule has 0 radical (unpaired) electrons. The number of anilines is 1. The summed E-state index contributed by atoms with van der Waals surface area (Å²) < 4.78 is 11.2. The van der Waals surface area contributed by atoms with Crippen LogP contribution >= 0.6 is 0 Å². The lowest BCUT2D eigenvalue weighted by Crippen LogP contribution is -2.32. The van der Waals surface area contributed by atoms with E-state index in [2.05, 4.69) is 10.3 Å². The molecule has 0 saturated heterocycles. The number of hydrogen-bond acceptors (Lipinski definition) is 5. The number of rotatable bonds is 8. The first-order valence-corrected chi connectivity index (χ1v) is 10.9. The fraction of sp³-hybridized carbons (Fsp3) is 0.269. The van der Waals surface area contributed by atoms with Crippen molar-refractivity contribution in [3.05, 3.63) is 83.0 Å². The molecule has 170 valence electrons. The van der Waals surface area contributed by atoms with Crippen LogP contribution in [0.4, 0.5) is 5.82 Å². The summed E-state index contributed by atoms with van der Waals surface area (Å²) in [6.45, 7) is 4.78. The van der Waals surface area contributed by atoms with Crippen LogP contribution in [0, 0.1) is 6.92 Å². The van der Waals surface area contributed by atoms with Crippen LogP contribution in [0.25, 0.3) is 0 Å². The Balaban J connectivity index is 1.65. The Morgan fingerprint density at radius 1 is 1.15 bits per heavy atom. The minimum Gasteiger partial charge on any atom is -0.493 e. The number of nitrogens with zero attached hydrogens (tertiary/aromatic N) is 2. The Kier molecular flexibility index (Phi) is 6.58. The number of benzene rings is 2. The van der Waals surface area contributed by atoms with E-state index in [4.69, 9.17) is 9.47 Å². The zero-order valence-corrected chi connectivity index (χ0v) is 19.0. The van der Waals surface area contributed by atoms with Gasteiger partial charge in [-0.1, -0.05) is 24.3 Å². The number of aromatic nitrogens is 1. The second-order valence-corrected chi connectivity index (χ2v) is 7.92. The quantitative estimate of drug-likeness (QED) is 0.551. The molecular formula is C26H27N3O4. The molecule has 2 aromatic carbocycles. The molecular weight excluding hydrogens is 418 g/mol. The van der Waals surface area contributed by atoms with Crippen molar-refractivity contribution in [2.75, 3.05) is 19.0 Å². The third-order valence-electron chi connectivity index (χ3n) is 5.66. The topological polar surface area (TPSA) is 80.8 Å². The van der Waals surface area contributed by atoms with Gasteiger partial charge in [-0.15, -0.1) is 0 Å². The van der Waals surface area contributed by atoms with Crippen molar-refractivity contribution in [1.29, 1.82) is 0 Å². The maximum Gasteiger partial charge on any atom is 0.255 e. The van der Waals surface area contributed by atoms with Crippen LogP contribution < -0.4 is 14.8 Å². The monoisotopic (exact) mass is 445 g/mol. The van der Waals surface area contributed by atoms with Gasteiger partial charge in [0.05, 0.1) is 26.2 Å². The van der Waals surface area contributed by atoms with Crippen LogP contribution in [0.3, 0.4) is 0 Å². The first-order chi connectivity index (χ1) is 16.0. The van der Waals surface area contributed by atoms with Gasteiger partial charge in [-0.05, 0) is 60.9 Å². The number of fused-ring (bicyclic) bond motifs is 1. The molecule has 2 heterocycles. The van der Waals surface area contributed by atoms with E-state index in [1.165, 1.54) is 0 Å². The van der Waals surface area contributed by atoms with Crippen molar-refractivity contribution >= 4 is 17.6 Å². The van der Waals surface area contributed by atoms with Gasteiger partial charge >= 0.3 is 0 Å². The second-order valence-electron chi connectivity index (χ2n) is 7.92. The minimum absolute atomic E-state index is 0.0759. The predicted molar refractivity (Wildman–Crippen MR) is 125 cm³/mol. The molecule has 3 aromatic rings. The van der Waals surface area contributed by atoms with E-state index in [1.807, 2.05) is 68.4 Å². The van der Waals surface area contributed by atoms with Crippen molar-refractivity contribution in [2.24, 2.45) is 0 Å². The standard InChI is InChI=1S/C26H27N3O4/c1-4-33-22-10-9-18(14-23(22)32-3)21(15-25(30)28-24-13-17(2)11-12-27-24)29-16-19-7-5-6-8-20(19)26(29)31/h5-14,21H,4,15-16H2,1-3H3,(H,27,28,30)/t21-/m1/s1. The molecule has 7 nitrogen and oxygen atoms in total. The van der Waals surface area contributed by atoms with Gasteiger partial charge < -0.3 is 19.7 Å². The van der Waals surface area contributed by atoms with Crippen molar-refractivity contribution < 1.29 is 19.1 Å². The van der Waals surface area contributed by atoms with Gasteiger partial charge in [0.25, 0.3) is 5.91 Å². The molecule has 0 spiro atoms. The van der Waals surface area contributed by atoms with Crippen LogP contribution in [0.15, 0.2) is 60.8 Å². The SMILES string of the molecule is CCOc1ccc([C@@H](CC(=O)Nc2cc(C)ccn2)N2Cc3ccccc3C2=O)cc1OC. The molecule has 1 aromatic heterocycles. The summed E-state index contributed by atoms with van der Waals surface area (Å²) in [7, 11) is 1.57. The van der Waals surface area contributed by atoms with Gasteiger partial charge in [-0.3, -0.25) is 9.59 Å². The molecule has 1 aliphatic rings. The fourth-order valence-electron chi connectivity index (χ4n) is 4.08. The highest BCUT2D eigenvalue weighted by Gasteiger charge is 2.35. The molecule has 0 unspecified atom stereocenters. The Labute approximate surface area is 193 Å². The molecule has 4 rings (SSSR count). The van der Waals surface area contributed by atoms with Crippen molar-refractivity contribution in [1.82, 2.24) is 9.88 Å². The smallest absolute Gasteiger partial charge is 0.255 e. The minimum atomic E-state index is -0.487. The molecule has 0 fully saturated rings. The lowest BCUT2D eigenvalue weighted by atomic mass is 10.0. The van der Waals surface area contributed by atoms with E-state index in [0.717, 1.165) is 16.7 Å². The molecule has 1 atom stereocenters. The number of amides is 2. The lowest BCUT2D eigenvalue weighted by Gasteiger charge is -2.28. The third-order valence-corrected chi connectivity index (χ3v) is 5.66. The summed E-state index contributed by atoms with van der Waals surface area (Å²) in [5.41, 5.74) is 3.41.